The Morgan fingerprint density at radius 2 is 0.429 bits per heavy atom. The largest absolute Gasteiger partial charge is 0.363 e. The van der Waals surface area contributed by atoms with E-state index in [0.29, 0.717) is 0 Å². The Hall–Kier alpha value is -5.08. The van der Waals surface area contributed by atoms with E-state index in [2.05, 4.69) is 192 Å². The van der Waals surface area contributed by atoms with Crippen LogP contribution in [0.3, 0.4) is 0 Å². The van der Waals surface area contributed by atoms with Crippen molar-refractivity contribution in [1.82, 2.24) is 0 Å². The normalized spacial score (nSPS) is 10.3. The van der Waals surface area contributed by atoms with Gasteiger partial charge in [0.25, 0.3) is 0 Å². The van der Waals surface area contributed by atoms with E-state index in [0.717, 1.165) is 26.2 Å². The van der Waals surface area contributed by atoms with Gasteiger partial charge in [-0.05, 0) is 46.5 Å². The molecule has 0 aliphatic rings. The highest BCUT2D eigenvalue weighted by atomic mass is 15.1. The second-order valence-corrected chi connectivity index (χ2v) is 10.3. The Morgan fingerprint density at radius 3 is 0.643 bits per heavy atom. The Labute approximate surface area is 251 Å². The van der Waals surface area contributed by atoms with E-state index < -0.39 is 0 Å². The lowest BCUT2D eigenvalue weighted by atomic mass is 10.1. The molecule has 42 heavy (non-hydrogen) atoms. The summed E-state index contributed by atoms with van der Waals surface area (Å²) in [5, 5.41) is 0. The van der Waals surface area contributed by atoms with Gasteiger partial charge in [0.1, 0.15) is 0 Å². The average Bonchev–Trinajstić information content (AvgIpc) is 3.07. The molecule has 0 amide bonds. The van der Waals surface area contributed by atoms with Crippen LogP contribution >= 0.6 is 0 Å². The van der Waals surface area contributed by atoms with E-state index in [-0.39, 0.29) is 0 Å². The molecule has 0 radical (unpaired) electrons. The van der Waals surface area contributed by atoms with E-state index in [1.165, 1.54) is 33.6 Å². The number of hydrogen-bond donors (Lipinski definition) is 0. The summed E-state index contributed by atoms with van der Waals surface area (Å²) >= 11 is 0. The molecule has 0 spiro atoms. The highest BCUT2D eigenvalue weighted by Gasteiger charge is 2.09. The van der Waals surface area contributed by atoms with Crippen LogP contribution in [0.25, 0.3) is 0 Å². The molecule has 6 rings (SSSR count). The fourth-order valence-corrected chi connectivity index (χ4v) is 4.97. The number of anilines is 2. The van der Waals surface area contributed by atoms with Crippen molar-refractivity contribution in [1.29, 1.82) is 0 Å². The highest BCUT2D eigenvalue weighted by molar-refractivity contribution is 5.48. The van der Waals surface area contributed by atoms with E-state index in [4.69, 9.17) is 0 Å². The SMILES string of the molecule is c1ccc(CN(Cc2ccccc2)c2ccccc2)cc1.c1ccc(CN(Cc2ccccc2)c2ccccc2)cc1. The third-order valence-corrected chi connectivity index (χ3v) is 7.11. The number of rotatable bonds is 10. The van der Waals surface area contributed by atoms with Gasteiger partial charge in [0.2, 0.25) is 0 Å². The number of para-hydroxylation sites is 2. The minimum atomic E-state index is 0.916. The minimum absolute atomic E-state index is 0.916. The lowest BCUT2D eigenvalue weighted by Gasteiger charge is -2.25. The first-order chi connectivity index (χ1) is 20.8. The van der Waals surface area contributed by atoms with E-state index >= 15 is 0 Å². The van der Waals surface area contributed by atoms with Gasteiger partial charge in [-0.15, -0.1) is 0 Å². The molecular formula is C40H38N2. The molecule has 208 valence electrons. The van der Waals surface area contributed by atoms with Crippen LogP contribution in [0.4, 0.5) is 11.4 Å². The molecule has 0 saturated heterocycles. The van der Waals surface area contributed by atoms with Gasteiger partial charge >= 0.3 is 0 Å². The third kappa shape index (κ3) is 8.97. The summed E-state index contributed by atoms with van der Waals surface area (Å²) in [6.07, 6.45) is 0. The summed E-state index contributed by atoms with van der Waals surface area (Å²) < 4.78 is 0. The van der Waals surface area contributed by atoms with E-state index in [1.54, 1.807) is 0 Å². The predicted octanol–water partition coefficient (Wildman–Crippen LogP) is 9.79. The molecule has 0 saturated carbocycles. The molecule has 6 aromatic rings. The van der Waals surface area contributed by atoms with E-state index in [9.17, 15) is 0 Å². The zero-order valence-electron chi connectivity index (χ0n) is 24.0. The van der Waals surface area contributed by atoms with Crippen LogP contribution in [0.15, 0.2) is 182 Å². The number of benzene rings is 6. The molecule has 0 heterocycles. The molecule has 2 heteroatoms. The summed E-state index contributed by atoms with van der Waals surface area (Å²) in [5.41, 5.74) is 7.83. The fourth-order valence-electron chi connectivity index (χ4n) is 4.97. The van der Waals surface area contributed by atoms with Gasteiger partial charge in [0.05, 0.1) is 0 Å². The lowest BCUT2D eigenvalue weighted by molar-refractivity contribution is 0.800. The Bertz CT molecular complexity index is 1330. The Balaban J connectivity index is 0.000000168. The van der Waals surface area contributed by atoms with Gasteiger partial charge in [-0.1, -0.05) is 158 Å². The lowest BCUT2D eigenvalue weighted by Crippen LogP contribution is -2.21. The van der Waals surface area contributed by atoms with Crippen LogP contribution in [0, 0.1) is 0 Å². The van der Waals surface area contributed by atoms with Crippen molar-refractivity contribution in [3.05, 3.63) is 204 Å². The van der Waals surface area contributed by atoms with Crippen LogP contribution in [-0.4, -0.2) is 0 Å². The number of hydrogen-bond acceptors (Lipinski definition) is 2. The van der Waals surface area contributed by atoms with Gasteiger partial charge in [0.15, 0.2) is 0 Å². The smallest absolute Gasteiger partial charge is 0.0433 e. The molecule has 0 aromatic heterocycles. The van der Waals surface area contributed by atoms with Gasteiger partial charge < -0.3 is 9.80 Å². The molecule has 0 aliphatic carbocycles. The van der Waals surface area contributed by atoms with Gasteiger partial charge in [-0.25, -0.2) is 0 Å². The molecule has 6 aromatic carbocycles. The second-order valence-electron chi connectivity index (χ2n) is 10.3. The quantitative estimate of drug-likeness (QED) is 0.169. The molecule has 0 unspecified atom stereocenters. The van der Waals surface area contributed by atoms with Crippen LogP contribution in [0.1, 0.15) is 22.3 Å². The van der Waals surface area contributed by atoms with Crippen LogP contribution in [-0.2, 0) is 26.2 Å². The Morgan fingerprint density at radius 1 is 0.238 bits per heavy atom. The maximum atomic E-state index is 2.41. The zero-order chi connectivity index (χ0) is 28.7. The molecule has 0 fully saturated rings. The van der Waals surface area contributed by atoms with Crippen molar-refractivity contribution in [3.8, 4) is 0 Å². The van der Waals surface area contributed by atoms with Crippen LogP contribution in [0.5, 0.6) is 0 Å². The molecule has 0 N–H and O–H groups in total. The monoisotopic (exact) mass is 546 g/mol. The van der Waals surface area contributed by atoms with Crippen molar-refractivity contribution in [3.63, 3.8) is 0 Å². The second kappa shape index (κ2) is 15.6. The molecule has 0 atom stereocenters. The average molecular weight is 547 g/mol. The predicted molar refractivity (Wildman–Crippen MR) is 178 cm³/mol. The summed E-state index contributed by atoms with van der Waals surface area (Å²) in [6, 6.07) is 63.7. The Kier molecular flexibility index (Phi) is 10.6. The highest BCUT2D eigenvalue weighted by Crippen LogP contribution is 2.21. The minimum Gasteiger partial charge on any atom is -0.363 e. The third-order valence-electron chi connectivity index (χ3n) is 7.11. The first kappa shape index (κ1) is 28.4. The fraction of sp³-hybridized carbons (Fsp3) is 0.100. The number of nitrogens with zero attached hydrogens (tertiary/aromatic N) is 2. The summed E-state index contributed by atoms with van der Waals surface area (Å²) in [5.74, 6) is 0. The molecule has 2 nitrogen and oxygen atoms in total. The summed E-state index contributed by atoms with van der Waals surface area (Å²) in [4.78, 5) is 4.81. The molecular weight excluding hydrogens is 508 g/mol. The van der Waals surface area contributed by atoms with Gasteiger partial charge in [-0.2, -0.15) is 0 Å². The van der Waals surface area contributed by atoms with Crippen molar-refractivity contribution in [2.24, 2.45) is 0 Å². The first-order valence-corrected chi connectivity index (χ1v) is 14.6. The van der Waals surface area contributed by atoms with Crippen molar-refractivity contribution < 1.29 is 0 Å². The maximum absolute atomic E-state index is 2.41. The van der Waals surface area contributed by atoms with Crippen molar-refractivity contribution >= 4 is 11.4 Å². The summed E-state index contributed by atoms with van der Waals surface area (Å²) in [7, 11) is 0. The van der Waals surface area contributed by atoms with E-state index in [1.807, 2.05) is 0 Å². The standard InChI is InChI=1S/2C20H19N/c2*1-4-10-18(11-5-1)16-21(20-14-8-3-9-15-20)17-19-12-6-2-7-13-19/h2*1-15H,16-17H2. The van der Waals surface area contributed by atoms with Crippen LogP contribution in [0.2, 0.25) is 0 Å². The topological polar surface area (TPSA) is 6.48 Å². The first-order valence-electron chi connectivity index (χ1n) is 14.6. The molecule has 0 bridgehead atoms. The van der Waals surface area contributed by atoms with Crippen LogP contribution < -0.4 is 9.80 Å². The molecule has 0 aliphatic heterocycles. The maximum Gasteiger partial charge on any atom is 0.0433 e. The van der Waals surface area contributed by atoms with Gasteiger partial charge in [-0.3, -0.25) is 0 Å². The van der Waals surface area contributed by atoms with Crippen molar-refractivity contribution in [2.45, 2.75) is 26.2 Å². The van der Waals surface area contributed by atoms with Crippen molar-refractivity contribution in [2.75, 3.05) is 9.80 Å². The van der Waals surface area contributed by atoms with Gasteiger partial charge in [0, 0.05) is 37.6 Å². The summed E-state index contributed by atoms with van der Waals surface area (Å²) in [6.45, 7) is 3.67. The zero-order valence-corrected chi connectivity index (χ0v) is 24.0.